The highest BCUT2D eigenvalue weighted by Gasteiger charge is 2.35. The number of aliphatic hydroxyl groups is 1. The highest BCUT2D eigenvalue weighted by molar-refractivity contribution is 5.68. The average molecular weight is 269 g/mol. The van der Waals surface area contributed by atoms with Gasteiger partial charge in [-0.1, -0.05) is 0 Å². The summed E-state index contributed by atoms with van der Waals surface area (Å²) >= 11 is 0. The third-order valence-electron chi connectivity index (χ3n) is 4.28. The first-order valence-corrected chi connectivity index (χ1v) is 7.51. The Balaban J connectivity index is 1.81. The van der Waals surface area contributed by atoms with Crippen LogP contribution in [0, 0.1) is 11.8 Å². The zero-order valence-electron chi connectivity index (χ0n) is 12.4. The van der Waals surface area contributed by atoms with Gasteiger partial charge in [0.15, 0.2) is 0 Å². The van der Waals surface area contributed by atoms with Crippen LogP contribution in [0.4, 0.5) is 4.79 Å². The summed E-state index contributed by atoms with van der Waals surface area (Å²) in [7, 11) is 0. The molecule has 0 aromatic rings. The van der Waals surface area contributed by atoms with Crippen LogP contribution < -0.4 is 0 Å². The van der Waals surface area contributed by atoms with Crippen LogP contribution in [-0.4, -0.2) is 40.9 Å². The highest BCUT2D eigenvalue weighted by Crippen LogP contribution is 2.35. The number of likely N-dealkylation sites (tertiary alicyclic amines) is 1. The molecule has 1 amide bonds. The Morgan fingerprint density at radius 3 is 2.32 bits per heavy atom. The highest BCUT2D eigenvalue weighted by atomic mass is 16.6. The van der Waals surface area contributed by atoms with E-state index < -0.39 is 5.60 Å². The third-order valence-corrected chi connectivity index (χ3v) is 4.28. The van der Waals surface area contributed by atoms with Crippen LogP contribution in [0.5, 0.6) is 0 Å². The van der Waals surface area contributed by atoms with E-state index in [1.807, 2.05) is 25.7 Å². The number of carbonyl (C=O) groups is 1. The van der Waals surface area contributed by atoms with Crippen LogP contribution in [-0.2, 0) is 4.74 Å². The lowest BCUT2D eigenvalue weighted by molar-refractivity contribution is 0.0274. The molecular formula is C15H27NO3. The van der Waals surface area contributed by atoms with Gasteiger partial charge in [-0.3, -0.25) is 0 Å². The number of amides is 1. The van der Waals surface area contributed by atoms with Gasteiger partial charge in [-0.05, 0) is 64.7 Å². The molecule has 1 aliphatic carbocycles. The van der Waals surface area contributed by atoms with Crippen LogP contribution in [0.15, 0.2) is 0 Å². The second-order valence-electron chi connectivity index (χ2n) is 7.04. The van der Waals surface area contributed by atoms with Crippen molar-refractivity contribution in [1.82, 2.24) is 4.90 Å². The molecular weight excluding hydrogens is 242 g/mol. The molecule has 4 nitrogen and oxygen atoms in total. The van der Waals surface area contributed by atoms with Crippen molar-refractivity contribution >= 4 is 6.09 Å². The molecule has 1 aliphatic heterocycles. The molecule has 0 spiro atoms. The van der Waals surface area contributed by atoms with Crippen molar-refractivity contribution in [3.05, 3.63) is 0 Å². The van der Waals surface area contributed by atoms with Crippen LogP contribution in [0.1, 0.15) is 52.9 Å². The Hall–Kier alpha value is -0.770. The van der Waals surface area contributed by atoms with E-state index >= 15 is 0 Å². The molecule has 1 saturated heterocycles. The predicted molar refractivity (Wildman–Crippen MR) is 73.9 cm³/mol. The normalized spacial score (nSPS) is 32.4. The molecule has 4 heteroatoms. The minimum atomic E-state index is -0.413. The van der Waals surface area contributed by atoms with Gasteiger partial charge in [0.05, 0.1) is 6.10 Å². The Morgan fingerprint density at radius 2 is 1.74 bits per heavy atom. The largest absolute Gasteiger partial charge is 0.444 e. The van der Waals surface area contributed by atoms with Crippen molar-refractivity contribution in [3.63, 3.8) is 0 Å². The van der Waals surface area contributed by atoms with Crippen LogP contribution in [0.25, 0.3) is 0 Å². The molecule has 2 aliphatic rings. The van der Waals surface area contributed by atoms with Crippen molar-refractivity contribution in [3.8, 4) is 0 Å². The summed E-state index contributed by atoms with van der Waals surface area (Å²) in [5, 5.41) is 9.55. The zero-order valence-corrected chi connectivity index (χ0v) is 12.4. The molecule has 0 aromatic carbocycles. The van der Waals surface area contributed by atoms with Gasteiger partial charge in [0.2, 0.25) is 0 Å². The lowest BCUT2D eigenvalue weighted by Gasteiger charge is -2.30. The molecule has 0 radical (unpaired) electrons. The molecule has 19 heavy (non-hydrogen) atoms. The van der Waals surface area contributed by atoms with Crippen molar-refractivity contribution < 1.29 is 14.6 Å². The van der Waals surface area contributed by atoms with E-state index in [0.29, 0.717) is 11.8 Å². The summed E-state index contributed by atoms with van der Waals surface area (Å²) in [6.07, 6.45) is 4.87. The Morgan fingerprint density at radius 1 is 1.11 bits per heavy atom. The number of rotatable bonds is 1. The monoisotopic (exact) mass is 269 g/mol. The summed E-state index contributed by atoms with van der Waals surface area (Å²) in [6, 6.07) is 0. The maximum atomic E-state index is 12.0. The van der Waals surface area contributed by atoms with Gasteiger partial charge in [-0.15, -0.1) is 0 Å². The van der Waals surface area contributed by atoms with Crippen molar-refractivity contribution in [2.45, 2.75) is 64.6 Å². The number of ether oxygens (including phenoxy) is 1. The molecule has 1 atom stereocenters. The SMILES string of the molecule is CC(C)(C)OC(=O)N1CCC(C2CCC(O)CC2)C1. The first-order chi connectivity index (χ1) is 8.85. The van der Waals surface area contributed by atoms with E-state index in [9.17, 15) is 9.90 Å². The Labute approximate surface area is 116 Å². The van der Waals surface area contributed by atoms with Gasteiger partial charge in [0.1, 0.15) is 5.60 Å². The number of hydrogen-bond acceptors (Lipinski definition) is 3. The summed E-state index contributed by atoms with van der Waals surface area (Å²) < 4.78 is 5.42. The van der Waals surface area contributed by atoms with Gasteiger partial charge in [-0.25, -0.2) is 4.79 Å². The molecule has 1 unspecified atom stereocenters. The van der Waals surface area contributed by atoms with E-state index in [1.165, 1.54) is 0 Å². The third kappa shape index (κ3) is 4.10. The predicted octanol–water partition coefficient (Wildman–Crippen LogP) is 2.79. The van der Waals surface area contributed by atoms with Gasteiger partial charge in [-0.2, -0.15) is 0 Å². The van der Waals surface area contributed by atoms with Crippen molar-refractivity contribution in [2.24, 2.45) is 11.8 Å². The van der Waals surface area contributed by atoms with Crippen molar-refractivity contribution in [2.75, 3.05) is 13.1 Å². The van der Waals surface area contributed by atoms with Gasteiger partial charge >= 0.3 is 6.09 Å². The first-order valence-electron chi connectivity index (χ1n) is 7.51. The van der Waals surface area contributed by atoms with Crippen LogP contribution >= 0.6 is 0 Å². The van der Waals surface area contributed by atoms with E-state index in [-0.39, 0.29) is 12.2 Å². The number of aliphatic hydroxyl groups excluding tert-OH is 1. The molecule has 0 bridgehead atoms. The molecule has 1 N–H and O–H groups in total. The summed E-state index contributed by atoms with van der Waals surface area (Å²) in [5.74, 6) is 1.27. The number of hydrogen-bond donors (Lipinski definition) is 1. The van der Waals surface area contributed by atoms with Gasteiger partial charge in [0, 0.05) is 13.1 Å². The maximum Gasteiger partial charge on any atom is 0.410 e. The van der Waals surface area contributed by atoms with E-state index in [1.54, 1.807) is 0 Å². The molecule has 2 fully saturated rings. The second kappa shape index (κ2) is 5.70. The number of carbonyl (C=O) groups excluding carboxylic acids is 1. The van der Waals surface area contributed by atoms with E-state index in [2.05, 4.69) is 0 Å². The minimum Gasteiger partial charge on any atom is -0.444 e. The summed E-state index contributed by atoms with van der Waals surface area (Å²) in [5.41, 5.74) is -0.413. The molecule has 2 rings (SSSR count). The standard InChI is InChI=1S/C15H27NO3/c1-15(2,3)19-14(18)16-9-8-12(10-16)11-4-6-13(17)7-5-11/h11-13,17H,4-10H2,1-3H3. The maximum absolute atomic E-state index is 12.0. The average Bonchev–Trinajstić information content (AvgIpc) is 2.77. The smallest absolute Gasteiger partial charge is 0.410 e. The Kier molecular flexibility index (Phi) is 4.39. The Bertz CT molecular complexity index is 316. The molecule has 1 heterocycles. The fraction of sp³-hybridized carbons (Fsp3) is 0.933. The second-order valence-corrected chi connectivity index (χ2v) is 7.04. The number of nitrogens with zero attached hydrogens (tertiary/aromatic N) is 1. The fourth-order valence-electron chi connectivity index (χ4n) is 3.24. The van der Waals surface area contributed by atoms with Crippen molar-refractivity contribution in [1.29, 1.82) is 0 Å². The van der Waals surface area contributed by atoms with Crippen LogP contribution in [0.3, 0.4) is 0 Å². The summed E-state index contributed by atoms with van der Waals surface area (Å²) in [6.45, 7) is 7.36. The fourth-order valence-corrected chi connectivity index (χ4v) is 3.24. The first kappa shape index (κ1) is 14.6. The van der Waals surface area contributed by atoms with Crippen LogP contribution in [0.2, 0.25) is 0 Å². The quantitative estimate of drug-likeness (QED) is 0.796. The van der Waals surface area contributed by atoms with Gasteiger partial charge < -0.3 is 14.7 Å². The summed E-state index contributed by atoms with van der Waals surface area (Å²) in [4.78, 5) is 13.9. The van der Waals surface area contributed by atoms with E-state index in [0.717, 1.165) is 45.2 Å². The molecule has 0 aromatic heterocycles. The molecule has 110 valence electrons. The molecule has 1 saturated carbocycles. The lowest BCUT2D eigenvalue weighted by Crippen LogP contribution is -2.36. The lowest BCUT2D eigenvalue weighted by atomic mass is 9.78. The topological polar surface area (TPSA) is 49.8 Å². The minimum absolute atomic E-state index is 0.0976. The zero-order chi connectivity index (χ0) is 14.0. The van der Waals surface area contributed by atoms with Gasteiger partial charge in [0.25, 0.3) is 0 Å². The van der Waals surface area contributed by atoms with E-state index in [4.69, 9.17) is 4.74 Å².